The van der Waals surface area contributed by atoms with Crippen LogP contribution in [-0.4, -0.2) is 71.4 Å². The van der Waals surface area contributed by atoms with Gasteiger partial charge >= 0.3 is 0 Å². The van der Waals surface area contributed by atoms with Crippen LogP contribution in [0.2, 0.25) is 5.02 Å². The molecule has 4 aromatic rings. The molecule has 1 atom stereocenters. The Morgan fingerprint density at radius 1 is 1.12 bits per heavy atom. The van der Waals surface area contributed by atoms with Gasteiger partial charge in [-0.15, -0.1) is 0 Å². The number of aryl methyl sites for hydroxylation is 1. The van der Waals surface area contributed by atoms with Gasteiger partial charge in [0.1, 0.15) is 31.3 Å². The number of hydrogen-bond donors (Lipinski definition) is 3. The number of aliphatic hydroxyl groups excluding tert-OH is 1. The van der Waals surface area contributed by atoms with Crippen LogP contribution in [0.5, 0.6) is 11.5 Å². The molecule has 1 aromatic heterocycles. The van der Waals surface area contributed by atoms with E-state index in [1.807, 2.05) is 31.3 Å². The molecule has 0 aliphatic carbocycles. The maximum Gasteiger partial charge on any atom is 0.142 e. The number of unbranched alkanes of at least 4 members (excludes halogenated alkanes) is 1. The average molecular weight is 763 g/mol. The third-order valence-corrected chi connectivity index (χ3v) is 10.0. The van der Waals surface area contributed by atoms with Gasteiger partial charge in [0.15, 0.2) is 0 Å². The number of likely N-dealkylation sites (tertiary alicyclic amines) is 1. The lowest BCUT2D eigenvalue weighted by atomic mass is 10.00. The fraction of sp³-hybridized carbons (Fsp3) is 0.395. The van der Waals surface area contributed by atoms with Crippen molar-refractivity contribution >= 4 is 44.6 Å². The van der Waals surface area contributed by atoms with Gasteiger partial charge in [0.05, 0.1) is 29.4 Å². The van der Waals surface area contributed by atoms with Crippen LogP contribution in [0.25, 0.3) is 22.0 Å². The number of aromatic nitrogens is 2. The monoisotopic (exact) mass is 761 g/mol. The molecule has 1 aliphatic heterocycles. The second-order valence-corrected chi connectivity index (χ2v) is 13.6. The Labute approximate surface area is 307 Å². The highest BCUT2D eigenvalue weighted by atomic mass is 79.9. The molecule has 0 amide bonds. The fourth-order valence-corrected chi connectivity index (χ4v) is 6.81. The summed E-state index contributed by atoms with van der Waals surface area (Å²) in [5, 5.41) is 27.9. The number of benzene rings is 3. The zero-order chi connectivity index (χ0) is 35.3. The number of halogens is 2. The molecule has 0 spiro atoms. The van der Waals surface area contributed by atoms with Crippen molar-refractivity contribution in [2.75, 3.05) is 39.4 Å². The first-order chi connectivity index (χ1) is 24.4. The van der Waals surface area contributed by atoms with E-state index in [-0.39, 0.29) is 32.4 Å². The SMILES string of the molecule is CC(CO)NCc1cc(Cl)c(OCc2cccc(-c3cccc4c3cnn4CCCCN3CCCC3)c2Br)cc1OCC(C=NCC#N)=CN. The number of hydrogen-bond acceptors (Lipinski definition) is 9. The largest absolute Gasteiger partial charge is 0.488 e. The summed E-state index contributed by atoms with van der Waals surface area (Å²) < 4.78 is 15.5. The van der Waals surface area contributed by atoms with Gasteiger partial charge in [-0.1, -0.05) is 41.9 Å². The van der Waals surface area contributed by atoms with Crippen molar-refractivity contribution in [1.29, 1.82) is 5.26 Å². The topological polar surface area (TPSA) is 134 Å². The van der Waals surface area contributed by atoms with Gasteiger partial charge in [-0.2, -0.15) is 10.4 Å². The Bertz CT molecular complexity index is 1830. The number of nitrogens with one attached hydrogen (secondary N) is 1. The van der Waals surface area contributed by atoms with Crippen molar-refractivity contribution in [2.45, 2.75) is 58.3 Å². The number of nitriles is 1. The van der Waals surface area contributed by atoms with Crippen LogP contribution in [0, 0.1) is 11.3 Å². The van der Waals surface area contributed by atoms with Crippen LogP contribution < -0.4 is 20.5 Å². The van der Waals surface area contributed by atoms with Crippen LogP contribution in [-0.2, 0) is 19.7 Å². The van der Waals surface area contributed by atoms with Crippen LogP contribution in [0.1, 0.15) is 43.7 Å². The molecule has 3 aromatic carbocycles. The summed E-state index contributed by atoms with van der Waals surface area (Å²) in [5.41, 5.74) is 11.4. The summed E-state index contributed by atoms with van der Waals surface area (Å²) in [6, 6.07) is 17.9. The van der Waals surface area contributed by atoms with Crippen LogP contribution >= 0.6 is 27.5 Å². The minimum absolute atomic E-state index is 0.00965. The van der Waals surface area contributed by atoms with E-state index in [0.29, 0.717) is 28.6 Å². The highest BCUT2D eigenvalue weighted by Gasteiger charge is 2.17. The van der Waals surface area contributed by atoms with Crippen molar-refractivity contribution in [1.82, 2.24) is 20.0 Å². The Kier molecular flexibility index (Phi) is 14.1. The summed E-state index contributed by atoms with van der Waals surface area (Å²) in [6.45, 7) is 7.24. The Hall–Kier alpha value is -3.92. The predicted molar refractivity (Wildman–Crippen MR) is 204 cm³/mol. The second kappa shape index (κ2) is 18.9. The van der Waals surface area contributed by atoms with Crippen LogP contribution in [0.3, 0.4) is 0 Å². The zero-order valence-electron chi connectivity index (χ0n) is 28.5. The third kappa shape index (κ3) is 9.86. The van der Waals surface area contributed by atoms with Gasteiger partial charge in [0.25, 0.3) is 0 Å². The quantitative estimate of drug-likeness (QED) is 0.0569. The molecular formula is C38H45BrClN7O3. The second-order valence-electron chi connectivity index (χ2n) is 12.4. The lowest BCUT2D eigenvalue weighted by molar-refractivity contribution is 0.250. The first-order valence-corrected chi connectivity index (χ1v) is 18.2. The zero-order valence-corrected chi connectivity index (χ0v) is 30.8. The summed E-state index contributed by atoms with van der Waals surface area (Å²) in [5.74, 6) is 1.00. The standard InChI is InChI=1S/C38H45BrClN7O3/c1-27(24-48)44-22-30-18-34(40)37(19-36(30)49-25-28(20-42)21-43-13-12-41)50-26-29-8-6-10-32(38(29)39)31-9-7-11-35-33(31)23-45-47(35)17-5-4-16-46-14-2-3-15-46/h6-11,18-21,23,27,44,48H,2-5,13-17,22,24-26,42H2,1H3. The molecule has 10 nitrogen and oxygen atoms in total. The summed E-state index contributed by atoms with van der Waals surface area (Å²) in [6.07, 6.45) is 9.82. The van der Waals surface area contributed by atoms with Crippen LogP contribution in [0.15, 0.2) is 76.0 Å². The van der Waals surface area contributed by atoms with Crippen molar-refractivity contribution in [2.24, 2.45) is 10.7 Å². The molecule has 0 bridgehead atoms. The summed E-state index contributed by atoms with van der Waals surface area (Å²) in [7, 11) is 0. The number of rotatable bonds is 18. The van der Waals surface area contributed by atoms with Gasteiger partial charge in [-0.3, -0.25) is 9.67 Å². The number of fused-ring (bicyclic) bond motifs is 1. The van der Waals surface area contributed by atoms with E-state index in [4.69, 9.17) is 37.2 Å². The third-order valence-electron chi connectivity index (χ3n) is 8.79. The Balaban J connectivity index is 1.31. The van der Waals surface area contributed by atoms with E-state index in [9.17, 15) is 5.11 Å². The van der Waals surface area contributed by atoms with Gasteiger partial charge in [0, 0.05) is 64.2 Å². The predicted octanol–water partition coefficient (Wildman–Crippen LogP) is 6.86. The summed E-state index contributed by atoms with van der Waals surface area (Å²) in [4.78, 5) is 6.60. The molecule has 50 heavy (non-hydrogen) atoms. The number of nitrogens with two attached hydrogens (primary N) is 1. The Morgan fingerprint density at radius 3 is 2.68 bits per heavy atom. The maximum atomic E-state index is 9.50. The van der Waals surface area contributed by atoms with Gasteiger partial charge < -0.3 is 30.5 Å². The Morgan fingerprint density at radius 2 is 1.90 bits per heavy atom. The molecule has 1 aliphatic rings. The van der Waals surface area contributed by atoms with E-state index in [0.717, 1.165) is 50.6 Å². The molecule has 4 N–H and O–H groups in total. The van der Waals surface area contributed by atoms with Gasteiger partial charge in [-0.25, -0.2) is 0 Å². The van der Waals surface area contributed by atoms with Gasteiger partial charge in [0.2, 0.25) is 0 Å². The molecule has 0 radical (unpaired) electrons. The first-order valence-electron chi connectivity index (χ1n) is 17.1. The molecule has 5 rings (SSSR count). The summed E-state index contributed by atoms with van der Waals surface area (Å²) >= 11 is 10.6. The van der Waals surface area contributed by atoms with Crippen molar-refractivity contribution in [3.05, 3.63) is 87.1 Å². The fourth-order valence-electron chi connectivity index (χ4n) is 5.98. The van der Waals surface area contributed by atoms with Crippen molar-refractivity contribution < 1.29 is 14.6 Å². The molecule has 0 saturated carbocycles. The van der Waals surface area contributed by atoms with Crippen LogP contribution in [0.4, 0.5) is 0 Å². The number of ether oxygens (including phenoxy) is 2. The molecule has 1 saturated heterocycles. The molecular weight excluding hydrogens is 718 g/mol. The van der Waals surface area contributed by atoms with E-state index in [2.05, 4.69) is 60.1 Å². The number of aliphatic imine (C=N–C) groups is 1. The highest BCUT2D eigenvalue weighted by Crippen LogP contribution is 2.38. The minimum Gasteiger partial charge on any atom is -0.488 e. The average Bonchev–Trinajstić information content (AvgIpc) is 3.81. The first kappa shape index (κ1) is 37.3. The smallest absolute Gasteiger partial charge is 0.142 e. The van der Waals surface area contributed by atoms with Crippen molar-refractivity contribution in [3.8, 4) is 28.7 Å². The highest BCUT2D eigenvalue weighted by molar-refractivity contribution is 9.10. The number of aliphatic hydroxyl groups is 1. The van der Waals surface area contributed by atoms with Crippen molar-refractivity contribution in [3.63, 3.8) is 0 Å². The molecule has 1 unspecified atom stereocenters. The molecule has 12 heteroatoms. The lowest BCUT2D eigenvalue weighted by Crippen LogP contribution is -2.28. The molecule has 1 fully saturated rings. The van der Waals surface area contributed by atoms with E-state index >= 15 is 0 Å². The molecule has 264 valence electrons. The normalized spacial score (nSPS) is 14.4. The lowest BCUT2D eigenvalue weighted by Gasteiger charge is -2.18. The molecule has 2 heterocycles. The van der Waals surface area contributed by atoms with E-state index in [1.54, 1.807) is 12.1 Å². The minimum atomic E-state index is -0.121. The van der Waals surface area contributed by atoms with Gasteiger partial charge in [-0.05, 0) is 91.4 Å². The van der Waals surface area contributed by atoms with E-state index < -0.39 is 0 Å². The van der Waals surface area contributed by atoms with E-state index in [1.165, 1.54) is 51.3 Å². The number of nitrogens with zero attached hydrogens (tertiary/aromatic N) is 5. The maximum absolute atomic E-state index is 9.50.